The number of nitrogens with one attached hydrogen (secondary N) is 2. The van der Waals surface area contributed by atoms with Gasteiger partial charge in [-0.15, -0.1) is 0 Å². The van der Waals surface area contributed by atoms with Crippen molar-refractivity contribution in [2.45, 2.75) is 26.4 Å². The van der Waals surface area contributed by atoms with Crippen LogP contribution in [0, 0.1) is 0 Å². The van der Waals surface area contributed by atoms with Crippen molar-refractivity contribution in [2.75, 3.05) is 202 Å². The third kappa shape index (κ3) is 22.5. The molecule has 0 aliphatic carbocycles. The van der Waals surface area contributed by atoms with Gasteiger partial charge in [0.2, 0.25) is 53.5 Å². The van der Waals surface area contributed by atoms with Gasteiger partial charge in [0, 0.05) is 161 Å². The van der Waals surface area contributed by atoms with Gasteiger partial charge in [-0.25, -0.2) is 64.6 Å². The Morgan fingerprint density at radius 2 is 0.984 bits per heavy atom. The molecule has 12 N–H and O–H groups in total. The van der Waals surface area contributed by atoms with Crippen LogP contribution in [0.25, 0.3) is 55.5 Å². The number of pyridine rings is 1. The monoisotopic (exact) mass is 1710 g/mol. The van der Waals surface area contributed by atoms with Gasteiger partial charge in [-0.05, 0) is 66.9 Å². The van der Waals surface area contributed by atoms with E-state index < -0.39 is 0 Å². The van der Waals surface area contributed by atoms with Gasteiger partial charge < -0.3 is 107 Å². The fourth-order valence-corrected chi connectivity index (χ4v) is 14.5. The zero-order valence-corrected chi connectivity index (χ0v) is 68.4. The number of carbonyl (C=O) groups excluding carboxylic acids is 1. The maximum Gasteiger partial charge on any atom is 0.409 e. The molecule has 10 aromatic heterocycles. The van der Waals surface area contributed by atoms with Crippen molar-refractivity contribution in [2.24, 2.45) is 0 Å². The summed E-state index contributed by atoms with van der Waals surface area (Å²) in [5, 5.41) is 7.44. The second-order valence-corrected chi connectivity index (χ2v) is 29.4. The van der Waals surface area contributed by atoms with Crippen LogP contribution in [-0.2, 0) is 23.7 Å². The topological polar surface area (TPSA) is 497 Å². The zero-order chi connectivity index (χ0) is 84.9. The SMILES string of the molecule is C.COC(=O)N1CCC[C@@H](Oc2cc(-c3cnc(N)nc3N)nc(N3CCOCC3)n2)C1.Nc1ncc(-c2cc(N3CCOc4ccccc43)nc(N3CCOCC3)n2)cn1.Nc1ncc(-c2cc(Nc3ccc(Oc4cccnc4)cc3)nc(N3CCOCC3)n2)cn1.Nc1ncc(-c2cc(Nc3ncc(-c4ccccc4)s3)nc(N3CCOCC3)n2)cn1. The number of fused-ring (bicyclic) bond motifs is 1. The molecule has 5 fully saturated rings. The summed E-state index contributed by atoms with van der Waals surface area (Å²) in [6.07, 6.45) is 17.8. The van der Waals surface area contributed by atoms with Gasteiger partial charge in [-0.1, -0.05) is 61.2 Å². The molecule has 41 heteroatoms. The second kappa shape index (κ2) is 41.2. The Kier molecular flexibility index (Phi) is 28.1. The number of aromatic nitrogens is 18. The maximum absolute atomic E-state index is 11.9. The minimum atomic E-state index is -0.363. The minimum absolute atomic E-state index is 0. The Balaban J connectivity index is 0.000000129. The maximum atomic E-state index is 11.9. The highest BCUT2D eigenvalue weighted by molar-refractivity contribution is 7.19. The number of likely N-dealkylation sites (tertiary alicyclic amines) is 1. The standard InChI is InChI=1S/C23H22N8O2.C21H20N8OS.C20H21N7O2.C19H26N8O4.CH4/c24-22-26-13-16(14-27-22)20-12-21(30-23(29-20)31-8-10-32-11-9-31)28-17-3-5-18(6-4-17)33-19-2-1-7-25-15-19;22-19-23-11-15(12-24-19)16-10-18(27-20(26-16)29-6-8-30-9-7-29)28-21-25-13-17(31-21)14-4-2-1-3-5-14;21-19-22-12-14(13-23-19)15-11-18(25-20(24-15)26-5-8-28-9-6-26)27-7-10-29-17-4-2-1-3-16(17)27;1-29-19(28)27-4-2-3-12(11-27)31-15-9-14(13-10-22-17(21)25-16(13)20)23-18(24-15)26-5-7-30-8-6-26;/h1-7,12-15H,8-11H2,(H2,24,26,27)(H,28,29,30);1-5,10-13H,6-9H2,(H2,22,23,24)(H,25,26,27,28);1-4,11-13H,5-10H2,(H2,21,22,23);9-10,12H,2-8,11H2,1H3,(H4,20,21,22,25);1H4/t;;;12-;/m...1./s1. The van der Waals surface area contributed by atoms with Crippen LogP contribution in [0.15, 0.2) is 177 Å². The molecule has 0 bridgehead atoms. The summed E-state index contributed by atoms with van der Waals surface area (Å²) in [5.74, 6) is 8.14. The number of morpholine rings is 4. The number of hydrogen-bond donors (Lipinski definition) is 7. The van der Waals surface area contributed by atoms with Gasteiger partial charge in [-0.2, -0.15) is 24.9 Å². The molecule has 1 amide bonds. The van der Waals surface area contributed by atoms with Crippen LogP contribution in [-0.4, -0.2) is 245 Å². The molecule has 40 nitrogen and oxygen atoms in total. The number of anilines is 15. The smallest absolute Gasteiger partial charge is 0.409 e. The van der Waals surface area contributed by atoms with E-state index in [9.17, 15) is 4.79 Å². The molecule has 16 heterocycles. The molecule has 0 radical (unpaired) electrons. The average molecular weight is 1710 g/mol. The van der Waals surface area contributed by atoms with E-state index in [0.717, 1.165) is 113 Å². The Morgan fingerprint density at radius 1 is 0.464 bits per heavy atom. The van der Waals surface area contributed by atoms with E-state index in [1.807, 2.05) is 108 Å². The quantitative estimate of drug-likeness (QED) is 0.0420. The van der Waals surface area contributed by atoms with E-state index in [2.05, 4.69) is 102 Å². The van der Waals surface area contributed by atoms with Crippen LogP contribution in [0.2, 0.25) is 0 Å². The molecule has 5 saturated heterocycles. The molecule has 3 aromatic carbocycles. The normalized spacial score (nSPS) is 15.5. The molecule has 6 aliphatic heterocycles. The van der Waals surface area contributed by atoms with Crippen LogP contribution < -0.4 is 78.0 Å². The number of piperidine rings is 1. The summed E-state index contributed by atoms with van der Waals surface area (Å²) in [4.78, 5) is 104. The van der Waals surface area contributed by atoms with Gasteiger partial charge in [0.05, 0.1) is 118 Å². The molecule has 1 atom stereocenters. The number of thiazole rings is 1. The Morgan fingerprint density at radius 3 is 1.54 bits per heavy atom. The Hall–Kier alpha value is -14.8. The number of hydrogen-bond acceptors (Lipinski definition) is 40. The third-order valence-electron chi connectivity index (χ3n) is 19.9. The van der Waals surface area contributed by atoms with Crippen molar-refractivity contribution in [3.05, 3.63) is 177 Å². The molecule has 125 heavy (non-hydrogen) atoms. The number of ether oxygens (including phenoxy) is 8. The van der Waals surface area contributed by atoms with Crippen LogP contribution >= 0.6 is 11.3 Å². The number of methoxy groups -OCH3 is 1. The van der Waals surface area contributed by atoms with Gasteiger partial charge >= 0.3 is 6.09 Å². The Bertz CT molecular complexity index is 5690. The zero-order valence-electron chi connectivity index (χ0n) is 67.6. The van der Waals surface area contributed by atoms with Gasteiger partial charge in [0.15, 0.2) is 5.13 Å². The van der Waals surface area contributed by atoms with Crippen molar-refractivity contribution < 1.29 is 42.7 Å². The average Bonchev–Trinajstić information content (AvgIpc) is 1.22. The highest BCUT2D eigenvalue weighted by Crippen LogP contribution is 2.39. The molecule has 13 aromatic rings. The summed E-state index contributed by atoms with van der Waals surface area (Å²) in [6, 6.07) is 36.8. The van der Waals surface area contributed by atoms with Gasteiger partial charge in [-0.3, -0.25) is 4.98 Å². The first-order valence-corrected chi connectivity index (χ1v) is 40.8. The van der Waals surface area contributed by atoms with Crippen molar-refractivity contribution in [1.82, 2.24) is 94.6 Å². The first kappa shape index (κ1) is 85.2. The fourth-order valence-electron chi connectivity index (χ4n) is 13.6. The molecule has 0 unspecified atom stereocenters. The predicted molar refractivity (Wildman–Crippen MR) is 475 cm³/mol. The molecule has 19 rings (SSSR count). The lowest BCUT2D eigenvalue weighted by molar-refractivity contribution is 0.0673. The third-order valence-corrected chi connectivity index (χ3v) is 20.9. The molecule has 0 saturated carbocycles. The lowest BCUT2D eigenvalue weighted by Gasteiger charge is -2.32. The number of rotatable bonds is 18. The molecule has 6 aliphatic rings. The van der Waals surface area contributed by atoms with E-state index >= 15 is 0 Å². The summed E-state index contributed by atoms with van der Waals surface area (Å²) in [7, 11) is 1.37. The van der Waals surface area contributed by atoms with E-state index in [1.54, 1.807) is 71.9 Å². The number of carbonyl (C=O) groups is 1. The van der Waals surface area contributed by atoms with E-state index in [4.69, 9.17) is 96.5 Å². The lowest BCUT2D eigenvalue weighted by atomic mass is 10.1. The van der Waals surface area contributed by atoms with Crippen LogP contribution in [0.4, 0.5) is 92.2 Å². The largest absolute Gasteiger partial charge is 0.490 e. The second-order valence-electron chi connectivity index (χ2n) is 28.3. The summed E-state index contributed by atoms with van der Waals surface area (Å²) >= 11 is 1.57. The highest BCUT2D eigenvalue weighted by atomic mass is 32.1. The highest BCUT2D eigenvalue weighted by Gasteiger charge is 2.30. The van der Waals surface area contributed by atoms with Crippen LogP contribution in [0.5, 0.6) is 23.1 Å². The van der Waals surface area contributed by atoms with E-state index in [-0.39, 0.29) is 49.2 Å². The number of nitrogens with two attached hydrogens (primary N) is 5. The number of nitrogens with zero attached hydrogens (tertiary/aromatic N) is 24. The summed E-state index contributed by atoms with van der Waals surface area (Å²) < 4.78 is 44.5. The van der Waals surface area contributed by atoms with E-state index in [1.165, 1.54) is 13.3 Å². The number of benzene rings is 3. The summed E-state index contributed by atoms with van der Waals surface area (Å²) in [6.45, 7) is 13.2. The lowest BCUT2D eigenvalue weighted by Crippen LogP contribution is -2.44. The molecule has 0 spiro atoms. The predicted octanol–water partition coefficient (Wildman–Crippen LogP) is 9.57. The van der Waals surface area contributed by atoms with E-state index in [0.29, 0.717) is 168 Å². The van der Waals surface area contributed by atoms with Crippen molar-refractivity contribution in [3.63, 3.8) is 0 Å². The van der Waals surface area contributed by atoms with Crippen LogP contribution in [0.1, 0.15) is 20.3 Å². The fraction of sp³-hybridized carbons (Fsp3) is 0.298. The van der Waals surface area contributed by atoms with Crippen molar-refractivity contribution >= 4 is 105 Å². The first-order chi connectivity index (χ1) is 60.8. The number of nitrogen functional groups attached to an aromatic ring is 5. The molecular weight excluding hydrogens is 1620 g/mol. The van der Waals surface area contributed by atoms with Crippen molar-refractivity contribution in [3.8, 4) is 78.6 Å². The minimum Gasteiger partial charge on any atom is -0.490 e. The van der Waals surface area contributed by atoms with Gasteiger partial charge in [0.25, 0.3) is 0 Å². The number of amides is 1. The van der Waals surface area contributed by atoms with Crippen LogP contribution in [0.3, 0.4) is 0 Å². The molecule has 644 valence electrons. The first-order valence-electron chi connectivity index (χ1n) is 40.0. The Labute approximate surface area is 723 Å². The molecular formula is C84H93N31O9S. The summed E-state index contributed by atoms with van der Waals surface area (Å²) in [5.41, 5.74) is 37.1. The van der Waals surface area contributed by atoms with Crippen molar-refractivity contribution in [1.29, 1.82) is 0 Å². The number of para-hydroxylation sites is 2. The van der Waals surface area contributed by atoms with Gasteiger partial charge in [0.1, 0.15) is 53.2 Å².